The predicted molar refractivity (Wildman–Crippen MR) is 50.8 cm³/mol. The molecule has 0 aliphatic heterocycles. The molecule has 1 rings (SSSR count). The number of hydrogen-bond acceptors (Lipinski definition) is 1. The monoisotopic (exact) mass is 186 g/mol. The highest BCUT2D eigenvalue weighted by molar-refractivity contribution is 6.37. The third-order valence-corrected chi connectivity index (χ3v) is 1.89. The summed E-state index contributed by atoms with van der Waals surface area (Å²) in [4.78, 5) is 0. The maximum Gasteiger partial charge on any atom is 0.143 e. The summed E-state index contributed by atoms with van der Waals surface area (Å²) in [5, 5.41) is 0.0665. The van der Waals surface area contributed by atoms with Gasteiger partial charge < -0.3 is 4.74 Å². The van der Waals surface area contributed by atoms with Gasteiger partial charge >= 0.3 is 0 Å². The van der Waals surface area contributed by atoms with Crippen LogP contribution in [0.25, 0.3) is 0 Å². The molecule has 12 heavy (non-hydrogen) atoms. The molecule has 0 heterocycles. The molecule has 0 atom stereocenters. The van der Waals surface area contributed by atoms with Crippen LogP contribution in [0.1, 0.15) is 6.92 Å². The summed E-state index contributed by atoms with van der Waals surface area (Å²) in [7, 11) is 1.66. The molecule has 1 aromatic rings. The van der Waals surface area contributed by atoms with Crippen LogP contribution in [0.15, 0.2) is 12.1 Å². The van der Waals surface area contributed by atoms with E-state index in [-0.39, 0.29) is 5.02 Å². The van der Waals surface area contributed by atoms with Crippen molar-refractivity contribution in [2.75, 3.05) is 6.61 Å². The summed E-state index contributed by atoms with van der Waals surface area (Å²) < 4.78 is 18.2. The Bertz CT molecular complexity index is 291. The first kappa shape index (κ1) is 9.39. The fourth-order valence-corrected chi connectivity index (χ4v) is 1.16. The molecule has 1 nitrogen and oxygen atoms in total. The second-order valence-corrected chi connectivity index (χ2v) is 2.82. The van der Waals surface area contributed by atoms with Gasteiger partial charge in [-0.3, -0.25) is 0 Å². The second-order valence-electron chi connectivity index (χ2n) is 2.44. The largest absolute Gasteiger partial charge is 0.492 e. The van der Waals surface area contributed by atoms with E-state index in [1.807, 2.05) is 6.92 Å². The van der Waals surface area contributed by atoms with Gasteiger partial charge in [0.15, 0.2) is 0 Å². The van der Waals surface area contributed by atoms with Crippen LogP contribution in [0.4, 0.5) is 4.39 Å². The van der Waals surface area contributed by atoms with Crippen LogP contribution in [-0.2, 0) is 0 Å². The van der Waals surface area contributed by atoms with E-state index in [2.05, 4.69) is 0 Å². The van der Waals surface area contributed by atoms with Gasteiger partial charge in [-0.2, -0.15) is 0 Å². The van der Waals surface area contributed by atoms with Crippen LogP contribution in [-0.4, -0.2) is 14.5 Å². The molecule has 4 heteroatoms. The molecule has 0 saturated heterocycles. The van der Waals surface area contributed by atoms with Crippen LogP contribution in [0, 0.1) is 5.82 Å². The molecule has 0 unspecified atom stereocenters. The van der Waals surface area contributed by atoms with E-state index in [1.54, 1.807) is 20.0 Å². The number of rotatable bonds is 2. The average molecular weight is 186 g/mol. The van der Waals surface area contributed by atoms with Gasteiger partial charge in [-0.05, 0) is 13.0 Å². The summed E-state index contributed by atoms with van der Waals surface area (Å²) >= 11 is 5.68. The van der Waals surface area contributed by atoms with Crippen molar-refractivity contribution in [1.82, 2.24) is 0 Å². The molecule has 64 valence electrons. The molecule has 0 amide bonds. The zero-order valence-corrected chi connectivity index (χ0v) is 7.78. The minimum absolute atomic E-state index is 0.0665. The van der Waals surface area contributed by atoms with Crippen LogP contribution in [0.3, 0.4) is 0 Å². The first-order valence-electron chi connectivity index (χ1n) is 3.74. The minimum Gasteiger partial charge on any atom is -0.492 e. The summed E-state index contributed by atoms with van der Waals surface area (Å²) in [5.74, 6) is 0.00452. The zero-order valence-electron chi connectivity index (χ0n) is 7.03. The molecule has 0 aromatic heterocycles. The van der Waals surface area contributed by atoms with Crippen LogP contribution >= 0.6 is 11.6 Å². The van der Waals surface area contributed by atoms with Crippen LogP contribution in [0.5, 0.6) is 5.75 Å². The topological polar surface area (TPSA) is 9.23 Å². The van der Waals surface area contributed by atoms with Crippen LogP contribution < -0.4 is 10.2 Å². The van der Waals surface area contributed by atoms with Gasteiger partial charge in [-0.1, -0.05) is 23.1 Å². The highest BCUT2D eigenvalue weighted by Crippen LogP contribution is 2.25. The Morgan fingerprint density at radius 2 is 2.25 bits per heavy atom. The Morgan fingerprint density at radius 1 is 1.58 bits per heavy atom. The lowest BCUT2D eigenvalue weighted by atomic mass is 9.96. The van der Waals surface area contributed by atoms with E-state index in [4.69, 9.17) is 16.3 Å². The molecule has 0 radical (unpaired) electrons. The normalized spacial score (nSPS) is 9.92. The highest BCUT2D eigenvalue weighted by atomic mass is 35.5. The standard InChI is InChI=1S/C8H9BClFO/c1-2-12-6-4-3-5(9)8(11)7(6)10/h3-4H,2,9H2,1H3. The Labute approximate surface area is 76.9 Å². The molecule has 0 N–H and O–H groups in total. The van der Waals surface area contributed by atoms with Crippen molar-refractivity contribution in [3.05, 3.63) is 23.0 Å². The van der Waals surface area contributed by atoms with Gasteiger partial charge in [0, 0.05) is 0 Å². The molecule has 0 fully saturated rings. The second kappa shape index (κ2) is 3.81. The number of hydrogen-bond donors (Lipinski definition) is 0. The van der Waals surface area contributed by atoms with Crippen molar-refractivity contribution in [2.45, 2.75) is 6.92 Å². The summed E-state index contributed by atoms with van der Waals surface area (Å²) in [6.07, 6.45) is 0. The van der Waals surface area contributed by atoms with E-state index in [1.165, 1.54) is 0 Å². The first-order valence-corrected chi connectivity index (χ1v) is 4.12. The number of benzene rings is 1. The molecule has 0 saturated carbocycles. The molecular formula is C8H9BClFO. The number of halogens is 2. The predicted octanol–water partition coefficient (Wildman–Crippen LogP) is 1.14. The van der Waals surface area contributed by atoms with Gasteiger partial charge in [0.1, 0.15) is 24.4 Å². The van der Waals surface area contributed by atoms with E-state index in [9.17, 15) is 4.39 Å². The lowest BCUT2D eigenvalue weighted by Crippen LogP contribution is -2.09. The lowest BCUT2D eigenvalue weighted by Gasteiger charge is -2.06. The third-order valence-electron chi connectivity index (χ3n) is 1.54. The Kier molecular flexibility index (Phi) is 2.98. The van der Waals surface area contributed by atoms with Gasteiger partial charge in [0.2, 0.25) is 0 Å². The van der Waals surface area contributed by atoms with Gasteiger partial charge in [0.25, 0.3) is 0 Å². The Morgan fingerprint density at radius 3 is 2.83 bits per heavy atom. The average Bonchev–Trinajstić information content (AvgIpc) is 2.07. The molecular weight excluding hydrogens is 177 g/mol. The van der Waals surface area contributed by atoms with E-state index >= 15 is 0 Å². The maximum absolute atomic E-state index is 13.1. The van der Waals surface area contributed by atoms with Gasteiger partial charge in [-0.25, -0.2) is 4.39 Å². The van der Waals surface area contributed by atoms with Crippen molar-refractivity contribution < 1.29 is 9.13 Å². The zero-order chi connectivity index (χ0) is 9.14. The minimum atomic E-state index is -0.400. The van der Waals surface area contributed by atoms with Crippen molar-refractivity contribution in [1.29, 1.82) is 0 Å². The van der Waals surface area contributed by atoms with Gasteiger partial charge in [-0.15, -0.1) is 0 Å². The van der Waals surface area contributed by atoms with Crippen molar-refractivity contribution >= 4 is 24.9 Å². The summed E-state index contributed by atoms with van der Waals surface area (Å²) in [6, 6.07) is 3.32. The Balaban J connectivity index is 3.08. The smallest absolute Gasteiger partial charge is 0.143 e. The van der Waals surface area contributed by atoms with Crippen LogP contribution in [0.2, 0.25) is 5.02 Å². The lowest BCUT2D eigenvalue weighted by molar-refractivity contribution is 0.338. The molecule has 0 aliphatic carbocycles. The highest BCUT2D eigenvalue weighted by Gasteiger charge is 2.08. The van der Waals surface area contributed by atoms with Crippen molar-refractivity contribution in [3.63, 3.8) is 0 Å². The van der Waals surface area contributed by atoms with E-state index in [0.717, 1.165) is 0 Å². The maximum atomic E-state index is 13.1. The van der Waals surface area contributed by atoms with E-state index in [0.29, 0.717) is 17.8 Å². The number of ether oxygens (including phenoxy) is 1. The first-order chi connectivity index (χ1) is 5.66. The van der Waals surface area contributed by atoms with Gasteiger partial charge in [0.05, 0.1) is 6.61 Å². The molecule has 0 spiro atoms. The van der Waals surface area contributed by atoms with Crippen molar-refractivity contribution in [3.8, 4) is 5.75 Å². The summed E-state index contributed by atoms with van der Waals surface area (Å²) in [6.45, 7) is 2.32. The fourth-order valence-electron chi connectivity index (χ4n) is 0.895. The fraction of sp³-hybridized carbons (Fsp3) is 0.250. The molecule has 0 aliphatic rings. The SMILES string of the molecule is Bc1ccc(OCC)c(Cl)c1F. The molecule has 0 bridgehead atoms. The quantitative estimate of drug-likeness (QED) is 0.629. The third kappa shape index (κ3) is 1.72. The van der Waals surface area contributed by atoms with E-state index < -0.39 is 5.82 Å². The molecule has 1 aromatic carbocycles. The van der Waals surface area contributed by atoms with Crippen molar-refractivity contribution in [2.24, 2.45) is 0 Å². The Hall–Kier alpha value is -0.695. The summed E-state index contributed by atoms with van der Waals surface area (Å²) in [5.41, 5.74) is 0.531.